The fraction of sp³-hybridized carbons (Fsp3) is 0.923. The van der Waals surface area contributed by atoms with Gasteiger partial charge in [0, 0.05) is 12.1 Å². The number of piperidine rings is 1. The topological polar surface area (TPSA) is 41.6 Å². The first kappa shape index (κ1) is 14.5. The standard InChI is InChI=1S/C13H26N2O2/c1-9(2)12(13(16)17-5)14-11-6-7-15(4)10(3)8-11/h9-12,14H,6-8H2,1-5H3/t10?,11?,12-/m0/s1. The van der Waals surface area contributed by atoms with E-state index in [1.165, 1.54) is 7.11 Å². The largest absolute Gasteiger partial charge is 0.468 e. The number of hydrogen-bond donors (Lipinski definition) is 1. The summed E-state index contributed by atoms with van der Waals surface area (Å²) >= 11 is 0. The Hall–Kier alpha value is -0.610. The van der Waals surface area contributed by atoms with E-state index in [-0.39, 0.29) is 17.9 Å². The van der Waals surface area contributed by atoms with Crippen molar-refractivity contribution < 1.29 is 9.53 Å². The lowest BCUT2D eigenvalue weighted by Gasteiger charge is -2.37. The average molecular weight is 242 g/mol. The molecule has 4 heteroatoms. The van der Waals surface area contributed by atoms with Crippen molar-refractivity contribution >= 4 is 5.97 Å². The van der Waals surface area contributed by atoms with Crippen LogP contribution in [0.3, 0.4) is 0 Å². The Morgan fingerprint density at radius 1 is 1.47 bits per heavy atom. The van der Waals surface area contributed by atoms with Crippen LogP contribution in [0.1, 0.15) is 33.6 Å². The van der Waals surface area contributed by atoms with Gasteiger partial charge in [-0.2, -0.15) is 0 Å². The molecular formula is C13H26N2O2. The van der Waals surface area contributed by atoms with Gasteiger partial charge in [-0.15, -0.1) is 0 Å². The highest BCUT2D eigenvalue weighted by atomic mass is 16.5. The lowest BCUT2D eigenvalue weighted by molar-refractivity contribution is -0.144. The van der Waals surface area contributed by atoms with Crippen LogP contribution in [0.4, 0.5) is 0 Å². The molecular weight excluding hydrogens is 216 g/mol. The van der Waals surface area contributed by atoms with Crippen LogP contribution in [-0.4, -0.2) is 49.7 Å². The fourth-order valence-corrected chi connectivity index (χ4v) is 2.35. The summed E-state index contributed by atoms with van der Waals surface area (Å²) in [7, 11) is 3.61. The molecule has 0 saturated carbocycles. The molecule has 1 fully saturated rings. The van der Waals surface area contributed by atoms with Crippen molar-refractivity contribution in [1.82, 2.24) is 10.2 Å². The second-order valence-corrected chi connectivity index (χ2v) is 5.46. The van der Waals surface area contributed by atoms with E-state index < -0.39 is 0 Å². The zero-order valence-electron chi connectivity index (χ0n) is 11.7. The van der Waals surface area contributed by atoms with E-state index in [4.69, 9.17) is 4.74 Å². The number of ether oxygens (including phenoxy) is 1. The summed E-state index contributed by atoms with van der Waals surface area (Å²) in [5.41, 5.74) is 0. The van der Waals surface area contributed by atoms with Gasteiger partial charge in [0.1, 0.15) is 6.04 Å². The van der Waals surface area contributed by atoms with Crippen LogP contribution in [0.15, 0.2) is 0 Å². The molecule has 3 atom stereocenters. The number of carbonyl (C=O) groups is 1. The normalized spacial score (nSPS) is 28.1. The van der Waals surface area contributed by atoms with Crippen LogP contribution < -0.4 is 5.32 Å². The van der Waals surface area contributed by atoms with E-state index in [0.29, 0.717) is 12.1 Å². The van der Waals surface area contributed by atoms with Gasteiger partial charge in [0.05, 0.1) is 7.11 Å². The molecule has 0 bridgehead atoms. The molecule has 1 heterocycles. The Labute approximate surface area is 105 Å². The highest BCUT2D eigenvalue weighted by Gasteiger charge is 2.29. The first-order chi connectivity index (χ1) is 7.95. The van der Waals surface area contributed by atoms with E-state index >= 15 is 0 Å². The Balaban J connectivity index is 2.53. The monoisotopic (exact) mass is 242 g/mol. The summed E-state index contributed by atoms with van der Waals surface area (Å²) in [6.45, 7) is 7.42. The number of nitrogens with zero attached hydrogens (tertiary/aromatic N) is 1. The number of nitrogens with one attached hydrogen (secondary N) is 1. The van der Waals surface area contributed by atoms with Gasteiger partial charge < -0.3 is 15.0 Å². The molecule has 4 nitrogen and oxygen atoms in total. The van der Waals surface area contributed by atoms with Crippen LogP contribution in [-0.2, 0) is 9.53 Å². The molecule has 1 rings (SSSR count). The number of hydrogen-bond acceptors (Lipinski definition) is 4. The lowest BCUT2D eigenvalue weighted by atomic mass is 9.96. The Kier molecular flexibility index (Phi) is 5.40. The summed E-state index contributed by atoms with van der Waals surface area (Å²) in [6, 6.07) is 0.819. The van der Waals surface area contributed by atoms with Crippen molar-refractivity contribution in [2.45, 2.75) is 51.7 Å². The third-order valence-corrected chi connectivity index (χ3v) is 3.75. The molecule has 17 heavy (non-hydrogen) atoms. The SMILES string of the molecule is COC(=O)[C@@H](NC1CCN(C)C(C)C1)C(C)C. The van der Waals surface area contributed by atoms with Gasteiger partial charge in [-0.1, -0.05) is 13.8 Å². The van der Waals surface area contributed by atoms with E-state index in [9.17, 15) is 4.79 Å². The molecule has 0 aromatic heterocycles. The molecule has 100 valence electrons. The van der Waals surface area contributed by atoms with Gasteiger partial charge in [0.25, 0.3) is 0 Å². The lowest BCUT2D eigenvalue weighted by Crippen LogP contribution is -2.52. The van der Waals surface area contributed by atoms with Crippen LogP contribution in [0.2, 0.25) is 0 Å². The maximum absolute atomic E-state index is 11.7. The van der Waals surface area contributed by atoms with Crippen LogP contribution in [0.5, 0.6) is 0 Å². The Morgan fingerprint density at radius 3 is 2.59 bits per heavy atom. The summed E-state index contributed by atoms with van der Waals surface area (Å²) in [6.07, 6.45) is 2.19. The maximum Gasteiger partial charge on any atom is 0.323 e. The van der Waals surface area contributed by atoms with Crippen LogP contribution >= 0.6 is 0 Å². The quantitative estimate of drug-likeness (QED) is 0.754. The first-order valence-corrected chi connectivity index (χ1v) is 6.49. The number of carbonyl (C=O) groups excluding carboxylic acids is 1. The minimum absolute atomic E-state index is 0.147. The van der Waals surface area contributed by atoms with E-state index in [1.807, 2.05) is 13.8 Å². The summed E-state index contributed by atoms with van der Waals surface area (Å²) in [5.74, 6) is 0.115. The molecule has 1 aliphatic rings. The third kappa shape index (κ3) is 3.96. The molecule has 0 aromatic rings. The van der Waals surface area contributed by atoms with E-state index in [1.54, 1.807) is 0 Å². The van der Waals surface area contributed by atoms with E-state index in [2.05, 4.69) is 24.2 Å². The predicted octanol–water partition coefficient (Wildman–Crippen LogP) is 1.26. The number of likely N-dealkylation sites (tertiary alicyclic amines) is 1. The Bertz CT molecular complexity index is 256. The van der Waals surface area contributed by atoms with Crippen LogP contribution in [0, 0.1) is 5.92 Å². The highest BCUT2D eigenvalue weighted by molar-refractivity contribution is 5.75. The van der Waals surface area contributed by atoms with Gasteiger partial charge in [-0.25, -0.2) is 0 Å². The number of methoxy groups -OCH3 is 1. The van der Waals surface area contributed by atoms with Crippen molar-refractivity contribution in [3.05, 3.63) is 0 Å². The first-order valence-electron chi connectivity index (χ1n) is 6.49. The minimum atomic E-state index is -0.180. The highest BCUT2D eigenvalue weighted by Crippen LogP contribution is 2.17. The minimum Gasteiger partial charge on any atom is -0.468 e. The van der Waals surface area contributed by atoms with Gasteiger partial charge in [-0.3, -0.25) is 4.79 Å². The molecule has 2 unspecified atom stereocenters. The van der Waals surface area contributed by atoms with Crippen LogP contribution in [0.25, 0.3) is 0 Å². The second kappa shape index (κ2) is 6.36. The van der Waals surface area contributed by atoms with Gasteiger partial charge >= 0.3 is 5.97 Å². The number of esters is 1. The Morgan fingerprint density at radius 2 is 2.12 bits per heavy atom. The van der Waals surface area contributed by atoms with Gasteiger partial charge in [-0.05, 0) is 39.3 Å². The molecule has 1 saturated heterocycles. The number of rotatable bonds is 4. The fourth-order valence-electron chi connectivity index (χ4n) is 2.35. The zero-order valence-corrected chi connectivity index (χ0v) is 11.7. The van der Waals surface area contributed by atoms with Gasteiger partial charge in [0.15, 0.2) is 0 Å². The van der Waals surface area contributed by atoms with Crippen molar-refractivity contribution in [3.8, 4) is 0 Å². The summed E-state index contributed by atoms with van der Waals surface area (Å²) < 4.78 is 4.85. The zero-order chi connectivity index (χ0) is 13.0. The molecule has 1 N–H and O–H groups in total. The van der Waals surface area contributed by atoms with Crippen molar-refractivity contribution in [1.29, 1.82) is 0 Å². The maximum atomic E-state index is 11.7. The molecule has 1 aliphatic heterocycles. The summed E-state index contributed by atoms with van der Waals surface area (Å²) in [5, 5.41) is 3.46. The molecule has 0 aliphatic carbocycles. The molecule has 0 spiro atoms. The third-order valence-electron chi connectivity index (χ3n) is 3.75. The van der Waals surface area contributed by atoms with Crippen molar-refractivity contribution in [3.63, 3.8) is 0 Å². The summed E-state index contributed by atoms with van der Waals surface area (Å²) in [4.78, 5) is 14.0. The molecule has 0 radical (unpaired) electrons. The van der Waals surface area contributed by atoms with Crippen molar-refractivity contribution in [2.75, 3.05) is 20.7 Å². The molecule has 0 amide bonds. The van der Waals surface area contributed by atoms with Gasteiger partial charge in [0.2, 0.25) is 0 Å². The van der Waals surface area contributed by atoms with Crippen molar-refractivity contribution in [2.24, 2.45) is 5.92 Å². The smallest absolute Gasteiger partial charge is 0.323 e. The second-order valence-electron chi connectivity index (χ2n) is 5.46. The molecule has 0 aromatic carbocycles. The van der Waals surface area contributed by atoms with E-state index in [0.717, 1.165) is 19.4 Å². The predicted molar refractivity (Wildman–Crippen MR) is 68.9 cm³/mol. The average Bonchev–Trinajstić information content (AvgIpc) is 2.29.